The van der Waals surface area contributed by atoms with Crippen molar-refractivity contribution < 1.29 is 23.6 Å². The first-order valence-electron chi connectivity index (χ1n) is 9.97. The van der Waals surface area contributed by atoms with Crippen molar-refractivity contribution in [1.29, 1.82) is 0 Å². The molecule has 2 aliphatic heterocycles. The molecule has 1 aromatic rings. The van der Waals surface area contributed by atoms with Crippen LogP contribution in [0.4, 0.5) is 9.18 Å². The summed E-state index contributed by atoms with van der Waals surface area (Å²) in [5.41, 5.74) is -0.0187. The standard InChI is InChI=1S/C21H31FN2O4S/c1-19(2,3)29(27)23-13-20(4,5)17-15-7-6-14(22)12-16(15)28-21(17)8-10-24(11-9-21)18(25)26/h6-7,12,17,23H,8-11,13H2,1-5H3,(H,25,26)/t17-,29?/m0/s1. The highest BCUT2D eigenvalue weighted by Gasteiger charge is 2.56. The summed E-state index contributed by atoms with van der Waals surface area (Å²) in [6.07, 6.45) is 0.137. The van der Waals surface area contributed by atoms with Gasteiger partial charge in [0, 0.05) is 61.4 Å². The summed E-state index contributed by atoms with van der Waals surface area (Å²) < 4.78 is 35.6. The van der Waals surface area contributed by atoms with E-state index in [9.17, 15) is 18.8 Å². The fraction of sp³-hybridized carbons (Fsp3) is 0.667. The second-order valence-corrected chi connectivity index (χ2v) is 11.8. The number of amides is 1. The Morgan fingerprint density at radius 2 is 1.97 bits per heavy atom. The van der Waals surface area contributed by atoms with Gasteiger partial charge in [0.1, 0.15) is 21.9 Å². The number of halogens is 1. The minimum Gasteiger partial charge on any atom is -0.598 e. The molecule has 162 valence electrons. The Labute approximate surface area is 175 Å². The van der Waals surface area contributed by atoms with Crippen LogP contribution in [0, 0.1) is 11.2 Å². The first-order valence-corrected chi connectivity index (χ1v) is 11.1. The number of rotatable bonds is 4. The molecule has 6 nitrogen and oxygen atoms in total. The Bertz CT molecular complexity index is 772. The van der Waals surface area contributed by atoms with Crippen LogP contribution in [-0.4, -0.2) is 50.6 Å². The van der Waals surface area contributed by atoms with Crippen LogP contribution >= 0.6 is 0 Å². The van der Waals surface area contributed by atoms with E-state index >= 15 is 0 Å². The molecule has 2 atom stereocenters. The third-order valence-corrected chi connectivity index (χ3v) is 7.52. The van der Waals surface area contributed by atoms with Crippen LogP contribution in [0.25, 0.3) is 0 Å². The Morgan fingerprint density at radius 3 is 2.52 bits per heavy atom. The van der Waals surface area contributed by atoms with Gasteiger partial charge in [0.25, 0.3) is 0 Å². The fourth-order valence-corrected chi connectivity index (χ4v) is 5.50. The summed E-state index contributed by atoms with van der Waals surface area (Å²) in [7, 11) is 0. The van der Waals surface area contributed by atoms with Gasteiger partial charge in [-0.2, -0.15) is 0 Å². The quantitative estimate of drug-likeness (QED) is 0.714. The molecule has 0 aliphatic carbocycles. The Morgan fingerprint density at radius 1 is 1.34 bits per heavy atom. The molecule has 29 heavy (non-hydrogen) atoms. The number of hydrogen-bond acceptors (Lipinski definition) is 4. The highest BCUT2D eigenvalue weighted by atomic mass is 32.2. The molecule has 2 aliphatic rings. The van der Waals surface area contributed by atoms with Crippen molar-refractivity contribution in [3.05, 3.63) is 29.6 Å². The molecular formula is C21H31FN2O4S. The molecule has 1 unspecified atom stereocenters. The lowest BCUT2D eigenvalue weighted by molar-refractivity contribution is -0.0245. The molecule has 2 heterocycles. The number of piperidine rings is 1. The summed E-state index contributed by atoms with van der Waals surface area (Å²) in [4.78, 5) is 12.8. The van der Waals surface area contributed by atoms with Crippen molar-refractivity contribution in [2.45, 2.75) is 63.7 Å². The number of fused-ring (bicyclic) bond motifs is 1. The molecule has 1 aromatic carbocycles. The molecule has 1 fully saturated rings. The number of carbonyl (C=O) groups is 1. The minimum absolute atomic E-state index is 0.0778. The lowest BCUT2D eigenvalue weighted by atomic mass is 9.64. The first kappa shape index (κ1) is 22.2. The fourth-order valence-electron chi connectivity index (χ4n) is 4.57. The van der Waals surface area contributed by atoms with Crippen LogP contribution in [0.5, 0.6) is 5.75 Å². The zero-order valence-electron chi connectivity index (χ0n) is 17.8. The molecular weight excluding hydrogens is 395 g/mol. The van der Waals surface area contributed by atoms with E-state index in [4.69, 9.17) is 4.74 Å². The smallest absolute Gasteiger partial charge is 0.407 e. The highest BCUT2D eigenvalue weighted by molar-refractivity contribution is 7.90. The van der Waals surface area contributed by atoms with Gasteiger partial charge >= 0.3 is 6.09 Å². The zero-order chi connectivity index (χ0) is 21.6. The second kappa shape index (κ2) is 7.63. The maximum atomic E-state index is 13.9. The molecule has 1 amide bonds. The Balaban J connectivity index is 1.90. The normalized spacial score (nSPS) is 22.3. The van der Waals surface area contributed by atoms with Crippen molar-refractivity contribution >= 4 is 17.5 Å². The number of likely N-dealkylation sites (tertiary alicyclic amines) is 1. The average Bonchev–Trinajstić information content (AvgIpc) is 2.92. The molecule has 0 radical (unpaired) electrons. The van der Waals surface area contributed by atoms with Gasteiger partial charge in [-0.25, -0.2) is 9.18 Å². The predicted molar refractivity (Wildman–Crippen MR) is 111 cm³/mol. The third kappa shape index (κ3) is 4.34. The lowest BCUT2D eigenvalue weighted by Gasteiger charge is -2.46. The van der Waals surface area contributed by atoms with E-state index < -0.39 is 23.1 Å². The van der Waals surface area contributed by atoms with Crippen molar-refractivity contribution in [1.82, 2.24) is 9.62 Å². The number of hydrogen-bond donors (Lipinski definition) is 2. The maximum Gasteiger partial charge on any atom is 0.407 e. The topological polar surface area (TPSA) is 84.9 Å². The molecule has 2 N–H and O–H groups in total. The Kier molecular flexibility index (Phi) is 5.84. The zero-order valence-corrected chi connectivity index (χ0v) is 18.6. The molecule has 0 bridgehead atoms. The van der Waals surface area contributed by atoms with E-state index in [1.54, 1.807) is 6.07 Å². The van der Waals surface area contributed by atoms with E-state index in [2.05, 4.69) is 18.6 Å². The Hall–Kier alpha value is -1.51. The van der Waals surface area contributed by atoms with Crippen LogP contribution in [0.15, 0.2) is 18.2 Å². The van der Waals surface area contributed by atoms with Gasteiger partial charge < -0.3 is 19.3 Å². The van der Waals surface area contributed by atoms with E-state index in [1.165, 1.54) is 17.0 Å². The van der Waals surface area contributed by atoms with Crippen LogP contribution in [0.1, 0.15) is 58.9 Å². The summed E-state index contributed by atoms with van der Waals surface area (Å²) in [5, 5.41) is 9.32. The van der Waals surface area contributed by atoms with Gasteiger partial charge in [-0.05, 0) is 32.3 Å². The molecule has 0 aromatic heterocycles. The largest absolute Gasteiger partial charge is 0.598 e. The van der Waals surface area contributed by atoms with Crippen LogP contribution < -0.4 is 9.46 Å². The molecule has 1 spiro atoms. The van der Waals surface area contributed by atoms with E-state index in [-0.39, 0.29) is 21.9 Å². The van der Waals surface area contributed by atoms with Gasteiger partial charge in [0.15, 0.2) is 0 Å². The first-order chi connectivity index (χ1) is 13.4. The molecule has 0 saturated carbocycles. The van der Waals surface area contributed by atoms with Gasteiger partial charge in [0.05, 0.1) is 0 Å². The summed E-state index contributed by atoms with van der Waals surface area (Å²) in [5.74, 6) is 0.0992. The molecule has 1 saturated heterocycles. The van der Waals surface area contributed by atoms with Crippen molar-refractivity contribution in [2.24, 2.45) is 5.41 Å². The average molecular weight is 427 g/mol. The summed E-state index contributed by atoms with van der Waals surface area (Å²) in [6, 6.07) is 4.63. The van der Waals surface area contributed by atoms with Crippen LogP contribution in [0.3, 0.4) is 0 Å². The van der Waals surface area contributed by atoms with Crippen molar-refractivity contribution in [3.8, 4) is 5.75 Å². The van der Waals surface area contributed by atoms with Gasteiger partial charge in [-0.15, -0.1) is 4.72 Å². The van der Waals surface area contributed by atoms with E-state index in [1.807, 2.05) is 20.8 Å². The number of benzene rings is 1. The molecule has 8 heteroatoms. The van der Waals surface area contributed by atoms with Crippen LogP contribution in [0.2, 0.25) is 0 Å². The summed E-state index contributed by atoms with van der Waals surface area (Å²) in [6.45, 7) is 11.2. The number of nitrogens with zero attached hydrogens (tertiary/aromatic N) is 1. The number of ether oxygens (including phenoxy) is 1. The summed E-state index contributed by atoms with van der Waals surface area (Å²) >= 11 is -1.21. The van der Waals surface area contributed by atoms with E-state index in [0.29, 0.717) is 38.2 Å². The van der Waals surface area contributed by atoms with Crippen LogP contribution in [-0.2, 0) is 11.4 Å². The number of carboxylic acid groups (broad SMARTS) is 1. The minimum atomic E-state index is -1.21. The highest BCUT2D eigenvalue weighted by Crippen LogP contribution is 2.56. The SMILES string of the molecule is CC(C)(CN[S+]([O-])C(C)(C)C)[C@@H]1c2ccc(F)cc2OC12CCN(C(=O)O)CC2. The van der Waals surface area contributed by atoms with Gasteiger partial charge in [-0.3, -0.25) is 0 Å². The maximum absolute atomic E-state index is 13.9. The predicted octanol–water partition coefficient (Wildman–Crippen LogP) is 3.89. The number of nitrogens with one attached hydrogen (secondary N) is 1. The monoisotopic (exact) mass is 426 g/mol. The second-order valence-electron chi connectivity index (χ2n) is 9.74. The lowest BCUT2D eigenvalue weighted by Crippen LogP contribution is -2.55. The van der Waals surface area contributed by atoms with Crippen molar-refractivity contribution in [3.63, 3.8) is 0 Å². The van der Waals surface area contributed by atoms with Crippen molar-refractivity contribution in [2.75, 3.05) is 19.6 Å². The van der Waals surface area contributed by atoms with Gasteiger partial charge in [-0.1, -0.05) is 19.9 Å². The third-order valence-electron chi connectivity index (χ3n) is 6.00. The van der Waals surface area contributed by atoms with E-state index in [0.717, 1.165) is 5.56 Å². The molecule has 3 rings (SSSR count). The van der Waals surface area contributed by atoms with Gasteiger partial charge in [0.2, 0.25) is 0 Å².